The summed E-state index contributed by atoms with van der Waals surface area (Å²) in [6.07, 6.45) is 1.97. The molecule has 5 rings (SSSR count). The largest absolute Gasteiger partial charge is 0.451 e. The number of rotatable bonds is 11. The van der Waals surface area contributed by atoms with Crippen molar-refractivity contribution in [1.82, 2.24) is 20.2 Å². The Hall–Kier alpha value is -3.92. The lowest BCUT2D eigenvalue weighted by molar-refractivity contribution is -0.144. The summed E-state index contributed by atoms with van der Waals surface area (Å²) in [4.78, 5) is 39.1. The molecule has 1 aromatic carbocycles. The van der Waals surface area contributed by atoms with Crippen LogP contribution in [-0.2, 0) is 17.4 Å². The summed E-state index contributed by atoms with van der Waals surface area (Å²) >= 11 is 0. The Kier molecular flexibility index (Phi) is 11.5. The molecular weight excluding hydrogens is 623 g/mol. The predicted octanol–water partition coefficient (Wildman–Crippen LogP) is 5.34. The molecule has 1 aromatic heterocycles. The molecule has 2 aromatic rings. The number of alkyl halides is 3. The van der Waals surface area contributed by atoms with Crippen molar-refractivity contribution in [3.8, 4) is 6.07 Å². The molecule has 0 spiro atoms. The summed E-state index contributed by atoms with van der Waals surface area (Å²) in [6, 6.07) is 10.3. The molecule has 3 saturated heterocycles. The monoisotopic (exact) mass is 669 g/mol. The second kappa shape index (κ2) is 15.5. The van der Waals surface area contributed by atoms with Crippen molar-refractivity contribution in [2.75, 3.05) is 55.7 Å². The zero-order chi connectivity index (χ0) is 34.3. The summed E-state index contributed by atoms with van der Waals surface area (Å²) in [6.45, 7) is 5.45. The van der Waals surface area contributed by atoms with Crippen LogP contribution in [0.4, 0.5) is 29.6 Å². The standard InChI is InChI=1S/C35H46F3N7O3/c1-34(24-46)14-20-44(21-15-34)33(48)40-16-11-26-12-18-43(19-13-26)30-22-31(42-32(41-30)35(36,37)38)45-17-3-5-28(45)29(47)6-2-4-25-7-9-27(23-39)10-8-25/h7-10,22,26,28,46H,2-6,11-21,24H2,1H3,(H,40,48)/t28-/m0/s1. The molecule has 0 aliphatic carbocycles. The van der Waals surface area contributed by atoms with Gasteiger partial charge < -0.3 is 25.1 Å². The van der Waals surface area contributed by atoms with Crippen LogP contribution in [0, 0.1) is 22.7 Å². The Morgan fingerprint density at radius 1 is 1.04 bits per heavy atom. The number of urea groups is 1. The number of ketones is 1. The number of carbonyl (C=O) groups is 2. The van der Waals surface area contributed by atoms with Crippen LogP contribution in [0.25, 0.3) is 0 Å². The van der Waals surface area contributed by atoms with Crippen LogP contribution in [-0.4, -0.2) is 83.7 Å². The number of amides is 2. The van der Waals surface area contributed by atoms with Gasteiger partial charge in [-0.2, -0.15) is 18.4 Å². The van der Waals surface area contributed by atoms with E-state index in [0.717, 1.165) is 37.7 Å². The Morgan fingerprint density at radius 2 is 1.73 bits per heavy atom. The molecular formula is C35H46F3N7O3. The normalized spacial score (nSPS) is 20.1. The maximum atomic E-state index is 14.0. The van der Waals surface area contributed by atoms with Crippen molar-refractivity contribution in [2.24, 2.45) is 11.3 Å². The van der Waals surface area contributed by atoms with E-state index in [2.05, 4.69) is 21.4 Å². The lowest BCUT2D eigenvalue weighted by atomic mass is 9.81. The highest BCUT2D eigenvalue weighted by molar-refractivity contribution is 5.87. The summed E-state index contributed by atoms with van der Waals surface area (Å²) < 4.78 is 42.0. The number of benzene rings is 1. The molecule has 3 aliphatic heterocycles. The van der Waals surface area contributed by atoms with Crippen LogP contribution < -0.4 is 15.1 Å². The number of piperidine rings is 2. The van der Waals surface area contributed by atoms with Crippen LogP contribution in [0.2, 0.25) is 0 Å². The third-order valence-corrected chi connectivity index (χ3v) is 10.2. The van der Waals surface area contributed by atoms with E-state index >= 15 is 0 Å². The number of aromatic nitrogens is 2. The van der Waals surface area contributed by atoms with Gasteiger partial charge in [-0.05, 0) is 86.8 Å². The minimum Gasteiger partial charge on any atom is -0.396 e. The molecule has 48 heavy (non-hydrogen) atoms. The molecule has 260 valence electrons. The number of hydrogen-bond donors (Lipinski definition) is 2. The average molecular weight is 670 g/mol. The van der Waals surface area contributed by atoms with Crippen LogP contribution in [0.3, 0.4) is 0 Å². The zero-order valence-corrected chi connectivity index (χ0v) is 27.6. The molecule has 2 amide bonds. The van der Waals surface area contributed by atoms with Gasteiger partial charge in [-0.25, -0.2) is 14.8 Å². The molecule has 0 radical (unpaired) electrons. The van der Waals surface area contributed by atoms with Gasteiger partial charge in [0.2, 0.25) is 5.82 Å². The zero-order valence-electron chi connectivity index (χ0n) is 27.6. The van der Waals surface area contributed by atoms with Crippen LogP contribution in [0.5, 0.6) is 0 Å². The van der Waals surface area contributed by atoms with Crippen LogP contribution >= 0.6 is 0 Å². The Balaban J connectivity index is 1.15. The van der Waals surface area contributed by atoms with Crippen molar-refractivity contribution >= 4 is 23.5 Å². The minimum absolute atomic E-state index is 0.00769. The quantitative estimate of drug-likeness (QED) is 0.329. The maximum Gasteiger partial charge on any atom is 0.451 e. The molecule has 0 bridgehead atoms. The lowest BCUT2D eigenvalue weighted by Crippen LogP contribution is -2.48. The summed E-state index contributed by atoms with van der Waals surface area (Å²) in [5.74, 6) is -0.522. The minimum atomic E-state index is -4.73. The number of Topliss-reactive ketones (excluding diaryl/α,β-unsaturated/α-hetero) is 1. The Morgan fingerprint density at radius 3 is 2.38 bits per heavy atom. The molecule has 0 unspecified atom stereocenters. The first-order valence-corrected chi connectivity index (χ1v) is 17.1. The van der Waals surface area contributed by atoms with E-state index in [-0.39, 0.29) is 35.5 Å². The van der Waals surface area contributed by atoms with E-state index in [0.29, 0.717) is 82.9 Å². The number of aliphatic hydroxyl groups is 1. The van der Waals surface area contributed by atoms with Crippen molar-refractivity contribution in [3.05, 3.63) is 47.3 Å². The second-order valence-corrected chi connectivity index (χ2v) is 13.8. The highest BCUT2D eigenvalue weighted by Crippen LogP contribution is 2.35. The van der Waals surface area contributed by atoms with Crippen LogP contribution in [0.15, 0.2) is 30.3 Å². The molecule has 13 heteroatoms. The first-order valence-electron chi connectivity index (χ1n) is 17.1. The molecule has 1 atom stereocenters. The summed E-state index contributed by atoms with van der Waals surface area (Å²) in [7, 11) is 0. The van der Waals surface area contributed by atoms with Gasteiger partial charge in [0.25, 0.3) is 0 Å². The Labute approximate surface area is 280 Å². The molecule has 4 heterocycles. The highest BCUT2D eigenvalue weighted by atomic mass is 19.4. The fraction of sp³-hybridized carbons (Fsp3) is 0.629. The van der Waals surface area contributed by atoms with Crippen LogP contribution in [0.1, 0.15) is 81.7 Å². The SMILES string of the molecule is CC1(CO)CCN(C(=O)NCCC2CCN(c3cc(N4CCC[C@H]4C(=O)CCCc4ccc(C#N)cc4)nc(C(F)(F)F)n3)CC2)CC1. The number of nitrogens with zero attached hydrogens (tertiary/aromatic N) is 6. The predicted molar refractivity (Wildman–Crippen MR) is 175 cm³/mol. The van der Waals surface area contributed by atoms with Crippen molar-refractivity contribution < 1.29 is 27.9 Å². The van der Waals surface area contributed by atoms with Crippen molar-refractivity contribution in [2.45, 2.75) is 83.4 Å². The van der Waals surface area contributed by atoms with E-state index in [1.54, 1.807) is 28.0 Å². The number of carbonyl (C=O) groups excluding carboxylic acids is 2. The van der Waals surface area contributed by atoms with E-state index in [4.69, 9.17) is 5.26 Å². The molecule has 10 nitrogen and oxygen atoms in total. The number of nitriles is 1. The van der Waals surface area contributed by atoms with Crippen molar-refractivity contribution in [3.63, 3.8) is 0 Å². The summed E-state index contributed by atoms with van der Waals surface area (Å²) in [5, 5.41) is 21.6. The number of anilines is 2. The molecule has 0 saturated carbocycles. The summed E-state index contributed by atoms with van der Waals surface area (Å²) in [5.41, 5.74) is 1.47. The van der Waals surface area contributed by atoms with Gasteiger partial charge in [0, 0.05) is 58.4 Å². The number of halogens is 3. The van der Waals surface area contributed by atoms with Gasteiger partial charge in [0.1, 0.15) is 11.6 Å². The van der Waals surface area contributed by atoms with Gasteiger partial charge in [-0.1, -0.05) is 19.1 Å². The van der Waals surface area contributed by atoms with Gasteiger partial charge >= 0.3 is 12.2 Å². The van der Waals surface area contributed by atoms with Gasteiger partial charge in [-0.15, -0.1) is 0 Å². The molecule has 2 N–H and O–H groups in total. The average Bonchev–Trinajstić information content (AvgIpc) is 3.59. The number of likely N-dealkylation sites (tertiary alicyclic amines) is 1. The molecule has 3 aliphatic rings. The number of hydrogen-bond acceptors (Lipinski definition) is 8. The van der Waals surface area contributed by atoms with E-state index in [1.807, 2.05) is 24.0 Å². The number of aliphatic hydroxyl groups excluding tert-OH is 1. The third-order valence-electron chi connectivity index (χ3n) is 10.2. The van der Waals surface area contributed by atoms with E-state index in [1.165, 1.54) is 0 Å². The van der Waals surface area contributed by atoms with E-state index < -0.39 is 18.0 Å². The van der Waals surface area contributed by atoms with E-state index in [9.17, 15) is 27.9 Å². The Bertz CT molecular complexity index is 1450. The third kappa shape index (κ3) is 8.95. The maximum absolute atomic E-state index is 14.0. The fourth-order valence-corrected chi connectivity index (χ4v) is 6.97. The fourth-order valence-electron chi connectivity index (χ4n) is 6.97. The smallest absolute Gasteiger partial charge is 0.396 e. The lowest BCUT2D eigenvalue weighted by Gasteiger charge is -2.38. The van der Waals surface area contributed by atoms with Gasteiger partial charge in [-0.3, -0.25) is 4.79 Å². The topological polar surface area (TPSA) is 126 Å². The van der Waals surface area contributed by atoms with Gasteiger partial charge in [0.05, 0.1) is 17.7 Å². The first-order chi connectivity index (χ1) is 23.0. The highest BCUT2D eigenvalue weighted by Gasteiger charge is 2.39. The van der Waals surface area contributed by atoms with Crippen molar-refractivity contribution in [1.29, 1.82) is 5.26 Å². The number of nitrogens with one attached hydrogen (secondary N) is 1. The van der Waals surface area contributed by atoms with Gasteiger partial charge in [0.15, 0.2) is 5.78 Å². The second-order valence-electron chi connectivity index (χ2n) is 13.8. The molecule has 3 fully saturated rings. The number of aryl methyl sites for hydroxylation is 1. The first kappa shape index (κ1) is 35.4.